The number of aryl methyl sites for hydroxylation is 1. The zero-order chi connectivity index (χ0) is 19.5. The van der Waals surface area contributed by atoms with Gasteiger partial charge in [0.15, 0.2) is 5.13 Å². The summed E-state index contributed by atoms with van der Waals surface area (Å²) < 4.78 is 1.02. The molecule has 0 aliphatic heterocycles. The maximum Gasteiger partial charge on any atom is 0.353 e. The molecule has 2 N–H and O–H groups in total. The third kappa shape index (κ3) is 4.04. The number of fused-ring (bicyclic) bond motifs is 1. The zero-order valence-corrected chi connectivity index (χ0v) is 16.5. The summed E-state index contributed by atoms with van der Waals surface area (Å²) >= 11 is 1.45. The van der Waals surface area contributed by atoms with Crippen LogP contribution in [0.25, 0.3) is 10.2 Å². The van der Waals surface area contributed by atoms with E-state index in [1.807, 2.05) is 25.1 Å². The lowest BCUT2D eigenvalue weighted by Gasteiger charge is -2.17. The van der Waals surface area contributed by atoms with Gasteiger partial charge >= 0.3 is 5.69 Å². The molecule has 1 saturated carbocycles. The summed E-state index contributed by atoms with van der Waals surface area (Å²) in [6.07, 6.45) is 8.05. The van der Waals surface area contributed by atoms with Crippen LogP contribution >= 0.6 is 11.3 Å². The summed E-state index contributed by atoms with van der Waals surface area (Å²) in [7, 11) is 0. The summed E-state index contributed by atoms with van der Waals surface area (Å²) in [5, 5.41) is 18.7. The highest BCUT2D eigenvalue weighted by molar-refractivity contribution is 7.22. The van der Waals surface area contributed by atoms with Gasteiger partial charge in [-0.25, -0.2) is 15.0 Å². The monoisotopic (exact) mass is 398 g/mol. The van der Waals surface area contributed by atoms with Crippen molar-refractivity contribution in [3.63, 3.8) is 0 Å². The number of hydrogen-bond donors (Lipinski definition) is 2. The van der Waals surface area contributed by atoms with Crippen molar-refractivity contribution >= 4 is 44.0 Å². The minimum atomic E-state index is -0.432. The van der Waals surface area contributed by atoms with Gasteiger partial charge in [0.25, 0.3) is 0 Å². The Morgan fingerprint density at radius 1 is 1.14 bits per heavy atom. The zero-order valence-electron chi connectivity index (χ0n) is 15.6. The molecular formula is C19H22N6O2S. The van der Waals surface area contributed by atoms with Crippen LogP contribution < -0.4 is 10.6 Å². The molecule has 9 heteroatoms. The van der Waals surface area contributed by atoms with Crippen molar-refractivity contribution in [3.05, 3.63) is 40.2 Å². The lowest BCUT2D eigenvalue weighted by molar-refractivity contribution is -0.383. The Bertz CT molecular complexity index is 997. The molecule has 4 rings (SSSR count). The molecule has 1 fully saturated rings. The molecule has 0 atom stereocenters. The van der Waals surface area contributed by atoms with E-state index in [4.69, 9.17) is 0 Å². The number of thiazole rings is 1. The molecule has 2 heterocycles. The van der Waals surface area contributed by atoms with Gasteiger partial charge < -0.3 is 10.6 Å². The van der Waals surface area contributed by atoms with E-state index in [1.165, 1.54) is 30.5 Å². The summed E-state index contributed by atoms with van der Waals surface area (Å²) in [5.74, 6) is 0.429. The Labute approximate surface area is 166 Å². The number of benzene rings is 1. The highest BCUT2D eigenvalue weighted by Crippen LogP contribution is 2.35. The first-order chi connectivity index (χ1) is 13.6. The highest BCUT2D eigenvalue weighted by Gasteiger charge is 2.26. The Hall–Kier alpha value is -2.81. The summed E-state index contributed by atoms with van der Waals surface area (Å²) in [6.45, 7) is 2.02. The van der Waals surface area contributed by atoms with Crippen molar-refractivity contribution in [2.45, 2.75) is 51.5 Å². The van der Waals surface area contributed by atoms with E-state index in [1.54, 1.807) is 0 Å². The molecule has 8 nitrogen and oxygen atoms in total. The minimum absolute atomic E-state index is 0.137. The molecule has 0 radical (unpaired) electrons. The van der Waals surface area contributed by atoms with Crippen molar-refractivity contribution in [2.75, 3.05) is 10.6 Å². The quantitative estimate of drug-likeness (QED) is 0.346. The second-order valence-corrected chi connectivity index (χ2v) is 8.16. The number of rotatable bonds is 5. The molecule has 0 spiro atoms. The average Bonchev–Trinajstić information content (AvgIpc) is 2.87. The number of hydrogen-bond acceptors (Lipinski definition) is 8. The van der Waals surface area contributed by atoms with Gasteiger partial charge in [0, 0.05) is 6.04 Å². The van der Waals surface area contributed by atoms with Crippen LogP contribution in [0.3, 0.4) is 0 Å². The normalized spacial score (nSPS) is 15.3. The standard InChI is InChI=1S/C19H22N6O2S/c1-12-8-9-14-15(10-12)28-19(23-14)24-18-16(25(26)27)17(20-11-21-18)22-13-6-4-2-3-5-7-13/h8-11,13H,2-7H2,1H3,(H2,20,21,22,23,24). The van der Waals surface area contributed by atoms with Crippen LogP contribution in [0.2, 0.25) is 0 Å². The van der Waals surface area contributed by atoms with Gasteiger partial charge in [0.2, 0.25) is 11.6 Å². The maximum atomic E-state index is 11.8. The molecule has 0 bridgehead atoms. The molecule has 146 valence electrons. The lowest BCUT2D eigenvalue weighted by Crippen LogP contribution is -2.20. The van der Waals surface area contributed by atoms with Crippen LogP contribution in [0.4, 0.5) is 22.5 Å². The Morgan fingerprint density at radius 2 is 1.89 bits per heavy atom. The van der Waals surface area contributed by atoms with Crippen LogP contribution in [-0.4, -0.2) is 25.9 Å². The van der Waals surface area contributed by atoms with Crippen molar-refractivity contribution < 1.29 is 4.92 Å². The van der Waals surface area contributed by atoms with Gasteiger partial charge in [0.1, 0.15) is 6.33 Å². The Morgan fingerprint density at radius 3 is 2.64 bits per heavy atom. The van der Waals surface area contributed by atoms with Crippen molar-refractivity contribution in [3.8, 4) is 0 Å². The third-order valence-corrected chi connectivity index (χ3v) is 5.90. The smallest absolute Gasteiger partial charge is 0.353 e. The SMILES string of the molecule is Cc1ccc2nc(Nc3ncnc(NC4CCCCCC4)c3[N+](=O)[O-])sc2c1. The predicted octanol–water partition coefficient (Wildman–Crippen LogP) is 5.18. The van der Waals surface area contributed by atoms with Gasteiger partial charge in [-0.3, -0.25) is 10.1 Å². The average molecular weight is 398 g/mol. The van der Waals surface area contributed by atoms with Gasteiger partial charge in [-0.15, -0.1) is 0 Å². The van der Waals surface area contributed by atoms with Crippen LogP contribution in [-0.2, 0) is 0 Å². The number of nitrogens with zero attached hydrogens (tertiary/aromatic N) is 4. The lowest BCUT2D eigenvalue weighted by atomic mass is 10.1. The molecule has 1 aliphatic carbocycles. The fraction of sp³-hybridized carbons (Fsp3) is 0.421. The van der Waals surface area contributed by atoms with E-state index in [2.05, 4.69) is 25.6 Å². The highest BCUT2D eigenvalue weighted by atomic mass is 32.1. The van der Waals surface area contributed by atoms with Gasteiger partial charge in [-0.1, -0.05) is 43.1 Å². The largest absolute Gasteiger partial charge is 0.361 e. The van der Waals surface area contributed by atoms with E-state index in [0.717, 1.165) is 41.5 Å². The Balaban J connectivity index is 1.63. The van der Waals surface area contributed by atoms with E-state index in [0.29, 0.717) is 5.13 Å². The van der Waals surface area contributed by atoms with Gasteiger partial charge in [0.05, 0.1) is 15.1 Å². The molecule has 0 unspecified atom stereocenters. The molecule has 0 saturated heterocycles. The molecule has 1 aliphatic rings. The fourth-order valence-corrected chi connectivity index (χ4v) is 4.52. The van der Waals surface area contributed by atoms with Crippen molar-refractivity contribution in [2.24, 2.45) is 0 Å². The van der Waals surface area contributed by atoms with E-state index in [9.17, 15) is 10.1 Å². The number of nitro groups is 1. The molecule has 0 amide bonds. The first-order valence-electron chi connectivity index (χ1n) is 9.50. The molecular weight excluding hydrogens is 376 g/mol. The first kappa shape index (κ1) is 18.5. The number of anilines is 3. The second kappa shape index (κ2) is 8.05. The second-order valence-electron chi connectivity index (χ2n) is 7.12. The van der Waals surface area contributed by atoms with Gasteiger partial charge in [-0.2, -0.15) is 0 Å². The van der Waals surface area contributed by atoms with E-state index >= 15 is 0 Å². The molecule has 1 aromatic carbocycles. The first-order valence-corrected chi connectivity index (χ1v) is 10.3. The number of nitrogens with one attached hydrogen (secondary N) is 2. The fourth-order valence-electron chi connectivity index (χ4n) is 3.55. The molecule has 28 heavy (non-hydrogen) atoms. The van der Waals surface area contributed by atoms with Crippen LogP contribution in [0.5, 0.6) is 0 Å². The molecule has 3 aromatic rings. The molecule has 2 aromatic heterocycles. The van der Waals surface area contributed by atoms with Crippen LogP contribution in [0.15, 0.2) is 24.5 Å². The maximum absolute atomic E-state index is 11.8. The van der Waals surface area contributed by atoms with Crippen LogP contribution in [0, 0.1) is 17.0 Å². The van der Waals surface area contributed by atoms with Crippen LogP contribution in [0.1, 0.15) is 44.1 Å². The topological polar surface area (TPSA) is 106 Å². The Kier molecular flexibility index (Phi) is 5.34. The van der Waals surface area contributed by atoms with E-state index < -0.39 is 4.92 Å². The number of aromatic nitrogens is 3. The predicted molar refractivity (Wildman–Crippen MR) is 111 cm³/mol. The van der Waals surface area contributed by atoms with Crippen molar-refractivity contribution in [1.82, 2.24) is 15.0 Å². The van der Waals surface area contributed by atoms with Crippen molar-refractivity contribution in [1.29, 1.82) is 0 Å². The summed E-state index contributed by atoms with van der Waals surface area (Å²) in [5.41, 5.74) is 1.86. The third-order valence-electron chi connectivity index (χ3n) is 4.97. The summed E-state index contributed by atoms with van der Waals surface area (Å²) in [4.78, 5) is 24.1. The van der Waals surface area contributed by atoms with E-state index in [-0.39, 0.29) is 23.4 Å². The van der Waals surface area contributed by atoms with Gasteiger partial charge in [-0.05, 0) is 37.5 Å². The minimum Gasteiger partial charge on any atom is -0.361 e. The summed E-state index contributed by atoms with van der Waals surface area (Å²) in [6, 6.07) is 6.19.